The first-order valence-electron chi connectivity index (χ1n) is 6.95. The van der Waals surface area contributed by atoms with E-state index in [1.165, 1.54) is 0 Å². The van der Waals surface area contributed by atoms with Gasteiger partial charge < -0.3 is 15.1 Å². The summed E-state index contributed by atoms with van der Waals surface area (Å²) in [6, 6.07) is 0. The van der Waals surface area contributed by atoms with Gasteiger partial charge in [-0.25, -0.2) is 0 Å². The number of amides is 2. The Morgan fingerprint density at radius 2 is 1.56 bits per heavy atom. The zero-order valence-electron chi connectivity index (χ0n) is 11.6. The second-order valence-electron chi connectivity index (χ2n) is 4.73. The number of piperazine rings is 1. The smallest absolute Gasteiger partial charge is 0.242 e. The molecule has 1 heterocycles. The van der Waals surface area contributed by atoms with Crippen LogP contribution in [0.1, 0.15) is 33.1 Å². The summed E-state index contributed by atoms with van der Waals surface area (Å²) in [6.07, 6.45) is 2.93. The molecular formula is C13H25N3O2. The minimum absolute atomic E-state index is 0.0815. The molecule has 0 aromatic heterocycles. The first kappa shape index (κ1) is 15.0. The van der Waals surface area contributed by atoms with Crippen molar-refractivity contribution in [3.8, 4) is 0 Å². The van der Waals surface area contributed by atoms with E-state index in [1.54, 1.807) is 9.80 Å². The SMILES string of the molecule is CCCNCCCN1CC(=O)N(CCC)CC1=O. The Balaban J connectivity index is 2.27. The van der Waals surface area contributed by atoms with Crippen molar-refractivity contribution in [1.82, 2.24) is 15.1 Å². The molecule has 1 N–H and O–H groups in total. The normalized spacial score (nSPS) is 16.6. The third-order valence-corrected chi connectivity index (χ3v) is 3.06. The zero-order chi connectivity index (χ0) is 13.4. The molecule has 18 heavy (non-hydrogen) atoms. The third-order valence-electron chi connectivity index (χ3n) is 3.06. The molecule has 0 bridgehead atoms. The first-order chi connectivity index (χ1) is 8.69. The molecule has 0 aliphatic carbocycles. The van der Waals surface area contributed by atoms with E-state index in [-0.39, 0.29) is 24.9 Å². The number of nitrogens with zero attached hydrogens (tertiary/aromatic N) is 2. The van der Waals surface area contributed by atoms with E-state index < -0.39 is 0 Å². The molecule has 1 aliphatic heterocycles. The van der Waals surface area contributed by atoms with Crippen molar-refractivity contribution in [3.05, 3.63) is 0 Å². The number of carbonyl (C=O) groups excluding carboxylic acids is 2. The van der Waals surface area contributed by atoms with Crippen LogP contribution in [0.15, 0.2) is 0 Å². The van der Waals surface area contributed by atoms with Gasteiger partial charge in [-0.1, -0.05) is 13.8 Å². The highest BCUT2D eigenvalue weighted by atomic mass is 16.2. The second-order valence-corrected chi connectivity index (χ2v) is 4.73. The highest BCUT2D eigenvalue weighted by molar-refractivity contribution is 5.92. The monoisotopic (exact) mass is 255 g/mol. The maximum absolute atomic E-state index is 11.9. The number of hydrogen-bond donors (Lipinski definition) is 1. The van der Waals surface area contributed by atoms with Crippen molar-refractivity contribution in [2.24, 2.45) is 0 Å². The average molecular weight is 255 g/mol. The van der Waals surface area contributed by atoms with Crippen molar-refractivity contribution in [1.29, 1.82) is 0 Å². The molecule has 0 unspecified atom stereocenters. The lowest BCUT2D eigenvalue weighted by molar-refractivity contribution is -0.150. The number of nitrogens with one attached hydrogen (secondary N) is 1. The molecule has 0 atom stereocenters. The van der Waals surface area contributed by atoms with E-state index in [9.17, 15) is 9.59 Å². The lowest BCUT2D eigenvalue weighted by atomic mass is 10.2. The molecule has 1 saturated heterocycles. The average Bonchev–Trinajstić information content (AvgIpc) is 2.35. The molecule has 0 radical (unpaired) electrons. The van der Waals surface area contributed by atoms with Gasteiger partial charge in [0.25, 0.3) is 0 Å². The standard InChI is InChI=1S/C13H25N3O2/c1-3-6-14-7-5-9-16-11-12(17)15(8-4-2)10-13(16)18/h14H,3-11H2,1-2H3. The van der Waals surface area contributed by atoms with Crippen LogP contribution in [0.4, 0.5) is 0 Å². The van der Waals surface area contributed by atoms with Gasteiger partial charge in [0.05, 0.1) is 13.1 Å². The summed E-state index contributed by atoms with van der Waals surface area (Å²) >= 11 is 0. The van der Waals surface area contributed by atoms with Crippen LogP contribution in [0.25, 0.3) is 0 Å². The molecule has 0 aromatic carbocycles. The van der Waals surface area contributed by atoms with Crippen molar-refractivity contribution in [2.45, 2.75) is 33.1 Å². The zero-order valence-corrected chi connectivity index (χ0v) is 11.6. The van der Waals surface area contributed by atoms with Gasteiger partial charge in [0.1, 0.15) is 0 Å². The fraction of sp³-hybridized carbons (Fsp3) is 0.846. The number of carbonyl (C=O) groups is 2. The van der Waals surface area contributed by atoms with E-state index >= 15 is 0 Å². The summed E-state index contributed by atoms with van der Waals surface area (Å²) in [7, 11) is 0. The molecule has 1 fully saturated rings. The first-order valence-corrected chi connectivity index (χ1v) is 6.95. The number of hydrogen-bond acceptors (Lipinski definition) is 3. The summed E-state index contributed by atoms with van der Waals surface area (Å²) in [5.74, 6) is 0.163. The second kappa shape index (κ2) is 8.08. The Kier molecular flexibility index (Phi) is 6.72. The van der Waals surface area contributed by atoms with Crippen molar-refractivity contribution < 1.29 is 9.59 Å². The van der Waals surface area contributed by atoms with Crippen molar-refractivity contribution in [2.75, 3.05) is 39.3 Å². The lowest BCUT2D eigenvalue weighted by Crippen LogP contribution is -2.54. The largest absolute Gasteiger partial charge is 0.332 e. The maximum Gasteiger partial charge on any atom is 0.242 e. The topological polar surface area (TPSA) is 52.7 Å². The Morgan fingerprint density at radius 3 is 2.11 bits per heavy atom. The van der Waals surface area contributed by atoms with Crippen molar-refractivity contribution in [3.63, 3.8) is 0 Å². The Bertz CT molecular complexity index is 281. The third kappa shape index (κ3) is 4.64. The van der Waals surface area contributed by atoms with E-state index in [4.69, 9.17) is 0 Å². The van der Waals surface area contributed by atoms with Crippen LogP contribution < -0.4 is 5.32 Å². The van der Waals surface area contributed by atoms with E-state index in [2.05, 4.69) is 12.2 Å². The van der Waals surface area contributed by atoms with Gasteiger partial charge in [-0.05, 0) is 32.4 Å². The molecule has 0 saturated carbocycles. The molecule has 5 heteroatoms. The number of rotatable bonds is 8. The Labute approximate surface area is 110 Å². The quantitative estimate of drug-likeness (QED) is 0.641. The van der Waals surface area contributed by atoms with Gasteiger partial charge >= 0.3 is 0 Å². The molecule has 0 aromatic rings. The van der Waals surface area contributed by atoms with Gasteiger partial charge in [0.2, 0.25) is 11.8 Å². The predicted molar refractivity (Wildman–Crippen MR) is 71.2 cm³/mol. The van der Waals surface area contributed by atoms with Crippen LogP contribution in [0.3, 0.4) is 0 Å². The van der Waals surface area contributed by atoms with Crippen LogP contribution >= 0.6 is 0 Å². The van der Waals surface area contributed by atoms with Gasteiger partial charge in [0.15, 0.2) is 0 Å². The fourth-order valence-corrected chi connectivity index (χ4v) is 2.08. The predicted octanol–water partition coefficient (Wildman–Crippen LogP) is 0.457. The van der Waals surface area contributed by atoms with Crippen molar-refractivity contribution >= 4 is 11.8 Å². The fourth-order valence-electron chi connectivity index (χ4n) is 2.08. The highest BCUT2D eigenvalue weighted by Crippen LogP contribution is 2.06. The van der Waals surface area contributed by atoms with Crippen LogP contribution in [-0.2, 0) is 9.59 Å². The summed E-state index contributed by atoms with van der Waals surface area (Å²) in [5, 5.41) is 3.30. The maximum atomic E-state index is 11.9. The van der Waals surface area contributed by atoms with Gasteiger partial charge in [-0.3, -0.25) is 9.59 Å². The minimum atomic E-state index is 0.0815. The highest BCUT2D eigenvalue weighted by Gasteiger charge is 2.28. The van der Waals surface area contributed by atoms with Gasteiger partial charge in [-0.15, -0.1) is 0 Å². The van der Waals surface area contributed by atoms with E-state index in [0.717, 1.165) is 32.4 Å². The van der Waals surface area contributed by atoms with E-state index in [1.807, 2.05) is 6.92 Å². The van der Waals surface area contributed by atoms with Crippen LogP contribution in [-0.4, -0.2) is 60.9 Å². The molecule has 1 aliphatic rings. The van der Waals surface area contributed by atoms with E-state index in [0.29, 0.717) is 13.1 Å². The summed E-state index contributed by atoms with van der Waals surface area (Å²) in [6.45, 7) is 7.95. The lowest BCUT2D eigenvalue weighted by Gasteiger charge is -2.33. The Morgan fingerprint density at radius 1 is 0.944 bits per heavy atom. The summed E-state index contributed by atoms with van der Waals surface area (Å²) < 4.78 is 0. The van der Waals surface area contributed by atoms with Gasteiger partial charge in [0, 0.05) is 13.1 Å². The van der Waals surface area contributed by atoms with Crippen LogP contribution in [0.5, 0.6) is 0 Å². The minimum Gasteiger partial charge on any atom is -0.332 e. The molecule has 5 nitrogen and oxygen atoms in total. The molecular weight excluding hydrogens is 230 g/mol. The molecule has 1 rings (SSSR count). The summed E-state index contributed by atoms with van der Waals surface area (Å²) in [4.78, 5) is 27.0. The molecule has 2 amide bonds. The van der Waals surface area contributed by atoms with Crippen LogP contribution in [0.2, 0.25) is 0 Å². The molecule has 0 spiro atoms. The Hall–Kier alpha value is -1.10. The van der Waals surface area contributed by atoms with Crippen LogP contribution in [0, 0.1) is 0 Å². The molecule has 104 valence electrons. The summed E-state index contributed by atoms with van der Waals surface area (Å²) in [5.41, 5.74) is 0. The van der Waals surface area contributed by atoms with Gasteiger partial charge in [-0.2, -0.15) is 0 Å².